The third-order valence-corrected chi connectivity index (χ3v) is 4.00. The standard InChI is InChI=1S/C18H16Cl2F2N6O2/c1-18(19,20)16(27-14(29)10-6-11(21)8-12(22)7-10)28-17(25-9-23)26-13-4-3-5-24-15(13)30-2/h3-8,16H,1-2H3,(H,27,29)(H2,25,26,28). The number of alkyl halides is 2. The zero-order chi connectivity index (χ0) is 22.3. The molecule has 1 amide bonds. The molecule has 3 N–H and O–H groups in total. The van der Waals surface area contributed by atoms with Crippen LogP contribution < -0.4 is 20.7 Å². The van der Waals surface area contributed by atoms with Gasteiger partial charge >= 0.3 is 0 Å². The highest BCUT2D eigenvalue weighted by Gasteiger charge is 2.33. The maximum absolute atomic E-state index is 13.4. The maximum atomic E-state index is 13.4. The van der Waals surface area contributed by atoms with E-state index in [9.17, 15) is 13.6 Å². The molecule has 0 saturated heterocycles. The van der Waals surface area contributed by atoms with Crippen LogP contribution in [0.1, 0.15) is 17.3 Å². The molecule has 1 heterocycles. The van der Waals surface area contributed by atoms with Crippen LogP contribution in [0.2, 0.25) is 0 Å². The molecule has 2 aromatic rings. The lowest BCUT2D eigenvalue weighted by atomic mass is 10.2. The van der Waals surface area contributed by atoms with Crippen molar-refractivity contribution in [1.82, 2.24) is 15.6 Å². The topological polar surface area (TPSA) is 111 Å². The van der Waals surface area contributed by atoms with E-state index in [1.54, 1.807) is 18.3 Å². The molecule has 1 aromatic carbocycles. The Morgan fingerprint density at radius 1 is 1.30 bits per heavy atom. The SMILES string of the molecule is COc1ncccc1N/C(=N\C#N)NC(NC(=O)c1cc(F)cc(F)c1)C(C)(Cl)Cl. The van der Waals surface area contributed by atoms with Gasteiger partial charge in [0.25, 0.3) is 5.91 Å². The van der Waals surface area contributed by atoms with Gasteiger partial charge in [0.05, 0.1) is 7.11 Å². The van der Waals surface area contributed by atoms with Crippen molar-refractivity contribution in [3.05, 3.63) is 53.7 Å². The van der Waals surface area contributed by atoms with E-state index in [1.165, 1.54) is 20.2 Å². The van der Waals surface area contributed by atoms with Crippen LogP contribution in [0.25, 0.3) is 0 Å². The van der Waals surface area contributed by atoms with Crippen molar-refractivity contribution in [2.45, 2.75) is 17.4 Å². The van der Waals surface area contributed by atoms with E-state index in [0.717, 1.165) is 12.1 Å². The number of carbonyl (C=O) groups excluding carboxylic acids is 1. The number of halogens is 4. The molecule has 0 radical (unpaired) electrons. The molecule has 1 aromatic heterocycles. The largest absolute Gasteiger partial charge is 0.480 e. The Morgan fingerprint density at radius 3 is 2.53 bits per heavy atom. The van der Waals surface area contributed by atoms with Gasteiger partial charge in [0.1, 0.15) is 23.5 Å². The highest BCUT2D eigenvalue weighted by molar-refractivity contribution is 6.48. The minimum atomic E-state index is -1.63. The van der Waals surface area contributed by atoms with Gasteiger partial charge in [-0.3, -0.25) is 4.79 Å². The van der Waals surface area contributed by atoms with Gasteiger partial charge in [-0.05, 0) is 31.2 Å². The van der Waals surface area contributed by atoms with Gasteiger partial charge < -0.3 is 20.7 Å². The number of nitrogens with one attached hydrogen (secondary N) is 3. The molecule has 0 aliphatic heterocycles. The number of methoxy groups -OCH3 is 1. The highest BCUT2D eigenvalue weighted by Crippen LogP contribution is 2.24. The summed E-state index contributed by atoms with van der Waals surface area (Å²) in [4.78, 5) is 20.0. The van der Waals surface area contributed by atoms with Crippen LogP contribution in [0.5, 0.6) is 5.88 Å². The molecule has 1 atom stereocenters. The van der Waals surface area contributed by atoms with Crippen LogP contribution >= 0.6 is 23.2 Å². The van der Waals surface area contributed by atoms with E-state index in [0.29, 0.717) is 11.8 Å². The fourth-order valence-corrected chi connectivity index (χ4v) is 2.47. The third-order valence-electron chi connectivity index (χ3n) is 3.57. The zero-order valence-electron chi connectivity index (χ0n) is 15.7. The Hall–Kier alpha value is -3.16. The number of rotatable bonds is 6. The number of nitriles is 1. The van der Waals surface area contributed by atoms with Crippen LogP contribution in [-0.2, 0) is 0 Å². The van der Waals surface area contributed by atoms with E-state index in [-0.39, 0.29) is 17.4 Å². The summed E-state index contributed by atoms with van der Waals surface area (Å²) in [6.45, 7) is 1.36. The number of pyridine rings is 1. The molecule has 30 heavy (non-hydrogen) atoms. The number of aromatic nitrogens is 1. The number of benzene rings is 1. The second-order valence-corrected chi connectivity index (χ2v) is 7.67. The number of ether oxygens (including phenoxy) is 1. The Morgan fingerprint density at radius 2 is 1.97 bits per heavy atom. The summed E-state index contributed by atoms with van der Waals surface area (Å²) in [6.07, 6.45) is 1.85. The molecule has 12 heteroatoms. The molecule has 0 bridgehead atoms. The average molecular weight is 457 g/mol. The van der Waals surface area contributed by atoms with Gasteiger partial charge in [0.15, 0.2) is 4.33 Å². The molecule has 0 fully saturated rings. The number of guanidine groups is 1. The molecule has 0 aliphatic carbocycles. The quantitative estimate of drug-likeness (QED) is 0.202. The second kappa shape index (κ2) is 10.0. The van der Waals surface area contributed by atoms with Gasteiger partial charge in [0, 0.05) is 17.8 Å². The summed E-state index contributed by atoms with van der Waals surface area (Å²) in [5.74, 6) is -2.66. The summed E-state index contributed by atoms with van der Waals surface area (Å²) in [5, 5.41) is 16.8. The first-order valence-corrected chi connectivity index (χ1v) is 9.03. The van der Waals surface area contributed by atoms with Crippen LogP contribution in [0.4, 0.5) is 14.5 Å². The molecule has 0 spiro atoms. The Bertz CT molecular complexity index is 971. The normalized spacial score (nSPS) is 12.5. The molecule has 0 aliphatic rings. The van der Waals surface area contributed by atoms with Gasteiger partial charge in [0.2, 0.25) is 18.0 Å². The molecular formula is C18H16Cl2F2N6O2. The summed E-state index contributed by atoms with van der Waals surface area (Å²) >= 11 is 12.3. The van der Waals surface area contributed by atoms with Gasteiger partial charge in [-0.25, -0.2) is 13.8 Å². The summed E-state index contributed by atoms with van der Waals surface area (Å²) in [5.41, 5.74) is 0.0576. The number of anilines is 1. The molecule has 158 valence electrons. The molecule has 2 rings (SSSR count). The Labute approximate surface area is 180 Å². The molecule has 1 unspecified atom stereocenters. The number of amides is 1. The third kappa shape index (κ3) is 6.43. The zero-order valence-corrected chi connectivity index (χ0v) is 17.2. The maximum Gasteiger partial charge on any atom is 0.253 e. The molecule has 0 saturated carbocycles. The van der Waals surface area contributed by atoms with Crippen molar-refractivity contribution in [1.29, 1.82) is 5.26 Å². The van der Waals surface area contributed by atoms with Crippen molar-refractivity contribution in [2.24, 2.45) is 4.99 Å². The van der Waals surface area contributed by atoms with Crippen LogP contribution in [0, 0.1) is 23.1 Å². The summed E-state index contributed by atoms with van der Waals surface area (Å²) < 4.78 is 30.3. The monoisotopic (exact) mass is 456 g/mol. The summed E-state index contributed by atoms with van der Waals surface area (Å²) in [6, 6.07) is 5.53. The van der Waals surface area contributed by atoms with E-state index < -0.39 is 28.0 Å². The van der Waals surface area contributed by atoms with Crippen molar-refractivity contribution in [3.63, 3.8) is 0 Å². The number of carbonyl (C=O) groups is 1. The predicted molar refractivity (Wildman–Crippen MR) is 108 cm³/mol. The van der Waals surface area contributed by atoms with Crippen LogP contribution in [0.15, 0.2) is 41.5 Å². The lowest BCUT2D eigenvalue weighted by Crippen LogP contribution is -2.57. The Kier molecular flexibility index (Phi) is 7.74. The number of hydrogen-bond donors (Lipinski definition) is 3. The first kappa shape index (κ1) is 23.1. The second-order valence-electron chi connectivity index (χ2n) is 5.91. The number of aliphatic imine (C=N–C) groups is 1. The summed E-state index contributed by atoms with van der Waals surface area (Å²) in [7, 11) is 1.40. The first-order valence-electron chi connectivity index (χ1n) is 8.28. The minimum absolute atomic E-state index is 0.146. The number of hydrogen-bond acceptors (Lipinski definition) is 5. The van der Waals surface area contributed by atoms with Crippen molar-refractivity contribution >= 4 is 40.8 Å². The van der Waals surface area contributed by atoms with Gasteiger partial charge in [-0.2, -0.15) is 5.26 Å². The van der Waals surface area contributed by atoms with Crippen molar-refractivity contribution in [2.75, 3.05) is 12.4 Å². The van der Waals surface area contributed by atoms with E-state index in [1.807, 2.05) is 0 Å². The van der Waals surface area contributed by atoms with Crippen molar-refractivity contribution in [3.8, 4) is 12.1 Å². The lowest BCUT2D eigenvalue weighted by Gasteiger charge is -2.29. The minimum Gasteiger partial charge on any atom is -0.480 e. The van der Waals surface area contributed by atoms with E-state index in [4.69, 9.17) is 33.2 Å². The Balaban J connectivity index is 2.26. The van der Waals surface area contributed by atoms with Gasteiger partial charge in [-0.15, -0.1) is 4.99 Å². The highest BCUT2D eigenvalue weighted by atomic mass is 35.5. The smallest absolute Gasteiger partial charge is 0.253 e. The van der Waals surface area contributed by atoms with Crippen molar-refractivity contribution < 1.29 is 18.3 Å². The predicted octanol–water partition coefficient (Wildman–Crippen LogP) is 3.16. The van der Waals surface area contributed by atoms with Gasteiger partial charge in [-0.1, -0.05) is 23.2 Å². The first-order chi connectivity index (χ1) is 14.1. The lowest BCUT2D eigenvalue weighted by molar-refractivity contribution is 0.0930. The average Bonchev–Trinajstić information content (AvgIpc) is 2.66. The molecule has 8 nitrogen and oxygen atoms in total. The van der Waals surface area contributed by atoms with Crippen LogP contribution in [0.3, 0.4) is 0 Å². The van der Waals surface area contributed by atoms with E-state index >= 15 is 0 Å². The van der Waals surface area contributed by atoms with E-state index in [2.05, 4.69) is 25.9 Å². The fraction of sp³-hybridized carbons (Fsp3) is 0.222. The molecular weight excluding hydrogens is 441 g/mol. The number of nitrogens with zero attached hydrogens (tertiary/aromatic N) is 3. The van der Waals surface area contributed by atoms with Crippen LogP contribution in [-0.4, -0.2) is 34.5 Å². The fourth-order valence-electron chi connectivity index (χ4n) is 2.25.